The van der Waals surface area contributed by atoms with Crippen LogP contribution in [0.1, 0.15) is 18.5 Å². The predicted molar refractivity (Wildman–Crippen MR) is 110 cm³/mol. The molecule has 7 heteroatoms. The third-order valence-electron chi connectivity index (χ3n) is 5.29. The average Bonchev–Trinajstić information content (AvgIpc) is 2.76. The number of aromatic hydroxyl groups is 1. The number of hydrogen-bond acceptors (Lipinski definition) is 6. The number of benzene rings is 2. The normalized spacial score (nSPS) is 15.6. The highest BCUT2D eigenvalue weighted by molar-refractivity contribution is 5.77. The van der Waals surface area contributed by atoms with Gasteiger partial charge in [-0.3, -0.25) is 9.69 Å². The molecule has 0 spiro atoms. The average molecular weight is 400 g/mol. The molecular formula is C22H28N2O5. The molecule has 7 nitrogen and oxygen atoms in total. The predicted octanol–water partition coefficient (Wildman–Crippen LogP) is 2.69. The highest BCUT2D eigenvalue weighted by atomic mass is 16.5. The fraction of sp³-hybridized carbons (Fsp3) is 0.409. The summed E-state index contributed by atoms with van der Waals surface area (Å²) in [5.74, 6) is 2.11. The second-order valence-electron chi connectivity index (χ2n) is 6.99. The Bertz CT molecular complexity index is 834. The SMILES string of the molecule is COc1ccc(C(C)N2CCN(C(=O)COc3cccc(O)c3)CC2)c(OC)c1. The number of methoxy groups -OCH3 is 2. The summed E-state index contributed by atoms with van der Waals surface area (Å²) in [5.41, 5.74) is 1.10. The molecule has 0 aliphatic carbocycles. The van der Waals surface area contributed by atoms with Gasteiger partial charge in [0.15, 0.2) is 6.61 Å². The molecule has 2 aromatic rings. The Morgan fingerprint density at radius 2 is 1.79 bits per heavy atom. The van der Waals surface area contributed by atoms with Crippen LogP contribution in [0, 0.1) is 0 Å². The molecule has 0 bridgehead atoms. The van der Waals surface area contributed by atoms with E-state index in [4.69, 9.17) is 14.2 Å². The van der Waals surface area contributed by atoms with E-state index in [1.807, 2.05) is 23.1 Å². The third-order valence-corrected chi connectivity index (χ3v) is 5.29. The molecule has 1 atom stereocenters. The standard InChI is InChI=1S/C22H28N2O5/c1-16(20-8-7-18(27-2)14-21(20)28-3)23-9-11-24(12-10-23)22(26)15-29-19-6-4-5-17(25)13-19/h4-8,13-14,16,25H,9-12,15H2,1-3H3. The maximum absolute atomic E-state index is 12.5. The quantitative estimate of drug-likeness (QED) is 0.771. The van der Waals surface area contributed by atoms with Crippen LogP contribution in [0.4, 0.5) is 0 Å². The van der Waals surface area contributed by atoms with Gasteiger partial charge in [-0.15, -0.1) is 0 Å². The lowest BCUT2D eigenvalue weighted by atomic mass is 10.0. The molecule has 1 aliphatic heterocycles. The molecule has 1 saturated heterocycles. The van der Waals surface area contributed by atoms with Gasteiger partial charge in [0.2, 0.25) is 0 Å². The number of carbonyl (C=O) groups is 1. The van der Waals surface area contributed by atoms with Crippen molar-refractivity contribution < 1.29 is 24.1 Å². The van der Waals surface area contributed by atoms with E-state index in [2.05, 4.69) is 11.8 Å². The van der Waals surface area contributed by atoms with Crippen LogP contribution < -0.4 is 14.2 Å². The van der Waals surface area contributed by atoms with Crippen molar-refractivity contribution in [3.63, 3.8) is 0 Å². The molecule has 3 rings (SSSR count). The summed E-state index contributed by atoms with van der Waals surface area (Å²) in [4.78, 5) is 16.6. The molecule has 1 unspecified atom stereocenters. The van der Waals surface area contributed by atoms with Crippen LogP contribution in [0.2, 0.25) is 0 Å². The van der Waals surface area contributed by atoms with Gasteiger partial charge in [-0.25, -0.2) is 0 Å². The monoisotopic (exact) mass is 400 g/mol. The van der Waals surface area contributed by atoms with Crippen LogP contribution in [0.15, 0.2) is 42.5 Å². The van der Waals surface area contributed by atoms with Crippen LogP contribution in [0.3, 0.4) is 0 Å². The zero-order valence-corrected chi connectivity index (χ0v) is 17.1. The number of carbonyl (C=O) groups excluding carboxylic acids is 1. The van der Waals surface area contributed by atoms with E-state index in [9.17, 15) is 9.90 Å². The summed E-state index contributed by atoms with van der Waals surface area (Å²) >= 11 is 0. The summed E-state index contributed by atoms with van der Waals surface area (Å²) in [5, 5.41) is 9.47. The topological polar surface area (TPSA) is 71.5 Å². The third kappa shape index (κ3) is 5.12. The van der Waals surface area contributed by atoms with Crippen LogP contribution >= 0.6 is 0 Å². The molecule has 1 amide bonds. The Labute approximate surface area is 171 Å². The van der Waals surface area contributed by atoms with Crippen LogP contribution in [-0.2, 0) is 4.79 Å². The molecular weight excluding hydrogens is 372 g/mol. The number of phenolic OH excluding ortho intramolecular Hbond substituents is 1. The first kappa shape index (κ1) is 20.8. The Balaban J connectivity index is 1.54. The molecule has 1 N–H and O–H groups in total. The highest BCUT2D eigenvalue weighted by Gasteiger charge is 2.26. The van der Waals surface area contributed by atoms with Crippen molar-refractivity contribution in [3.8, 4) is 23.0 Å². The van der Waals surface area contributed by atoms with Gasteiger partial charge in [0, 0.05) is 49.9 Å². The molecule has 2 aromatic carbocycles. The lowest BCUT2D eigenvalue weighted by Crippen LogP contribution is -2.50. The molecule has 1 aliphatic rings. The Morgan fingerprint density at radius 3 is 2.45 bits per heavy atom. The van der Waals surface area contributed by atoms with E-state index >= 15 is 0 Å². The summed E-state index contributed by atoms with van der Waals surface area (Å²) in [6.07, 6.45) is 0. The number of nitrogens with zero attached hydrogens (tertiary/aromatic N) is 2. The molecule has 1 heterocycles. The van der Waals surface area contributed by atoms with Gasteiger partial charge in [0.25, 0.3) is 5.91 Å². The smallest absolute Gasteiger partial charge is 0.260 e. The summed E-state index contributed by atoms with van der Waals surface area (Å²) in [7, 11) is 3.30. The van der Waals surface area contributed by atoms with E-state index in [-0.39, 0.29) is 24.3 Å². The van der Waals surface area contributed by atoms with E-state index in [1.165, 1.54) is 6.07 Å². The Hall–Kier alpha value is -2.93. The fourth-order valence-electron chi connectivity index (χ4n) is 3.53. The maximum Gasteiger partial charge on any atom is 0.260 e. The van der Waals surface area contributed by atoms with Gasteiger partial charge in [0.05, 0.1) is 14.2 Å². The second-order valence-corrected chi connectivity index (χ2v) is 6.99. The lowest BCUT2D eigenvalue weighted by Gasteiger charge is -2.38. The van der Waals surface area contributed by atoms with Gasteiger partial charge in [-0.1, -0.05) is 12.1 Å². The largest absolute Gasteiger partial charge is 0.508 e. The van der Waals surface area contributed by atoms with Gasteiger partial charge in [0.1, 0.15) is 23.0 Å². The van der Waals surface area contributed by atoms with Crippen molar-refractivity contribution in [1.29, 1.82) is 0 Å². The van der Waals surface area contributed by atoms with Crippen molar-refractivity contribution in [2.75, 3.05) is 47.0 Å². The van der Waals surface area contributed by atoms with E-state index in [0.717, 1.165) is 30.2 Å². The molecule has 0 aromatic heterocycles. The minimum absolute atomic E-state index is 0.0364. The zero-order chi connectivity index (χ0) is 20.8. The van der Waals surface area contributed by atoms with Crippen molar-refractivity contribution in [1.82, 2.24) is 9.80 Å². The van der Waals surface area contributed by atoms with Gasteiger partial charge in [-0.05, 0) is 25.1 Å². The summed E-state index contributed by atoms with van der Waals surface area (Å²) in [6, 6.07) is 12.5. The van der Waals surface area contributed by atoms with Gasteiger partial charge >= 0.3 is 0 Å². The maximum atomic E-state index is 12.5. The fourth-order valence-corrected chi connectivity index (χ4v) is 3.53. The number of rotatable bonds is 7. The number of amides is 1. The first-order valence-electron chi connectivity index (χ1n) is 9.67. The zero-order valence-electron chi connectivity index (χ0n) is 17.1. The van der Waals surface area contributed by atoms with E-state index < -0.39 is 0 Å². The first-order valence-corrected chi connectivity index (χ1v) is 9.67. The van der Waals surface area contributed by atoms with Crippen LogP contribution in [-0.4, -0.2) is 67.8 Å². The number of piperazine rings is 1. The summed E-state index contributed by atoms with van der Waals surface area (Å²) < 4.78 is 16.3. The lowest BCUT2D eigenvalue weighted by molar-refractivity contribution is -0.135. The van der Waals surface area contributed by atoms with E-state index in [0.29, 0.717) is 18.8 Å². The Kier molecular flexibility index (Phi) is 6.82. The van der Waals surface area contributed by atoms with Gasteiger partial charge in [-0.2, -0.15) is 0 Å². The molecule has 0 radical (unpaired) electrons. The van der Waals surface area contributed by atoms with Crippen molar-refractivity contribution in [3.05, 3.63) is 48.0 Å². The van der Waals surface area contributed by atoms with E-state index in [1.54, 1.807) is 32.4 Å². The number of phenols is 1. The first-order chi connectivity index (χ1) is 14.0. The van der Waals surface area contributed by atoms with Crippen molar-refractivity contribution in [2.45, 2.75) is 13.0 Å². The highest BCUT2D eigenvalue weighted by Crippen LogP contribution is 2.32. The molecule has 0 saturated carbocycles. The van der Waals surface area contributed by atoms with Crippen LogP contribution in [0.25, 0.3) is 0 Å². The van der Waals surface area contributed by atoms with Gasteiger partial charge < -0.3 is 24.2 Å². The Morgan fingerprint density at radius 1 is 1.03 bits per heavy atom. The van der Waals surface area contributed by atoms with Crippen LogP contribution in [0.5, 0.6) is 23.0 Å². The molecule has 1 fully saturated rings. The molecule has 156 valence electrons. The number of hydrogen-bond donors (Lipinski definition) is 1. The second kappa shape index (κ2) is 9.52. The minimum Gasteiger partial charge on any atom is -0.508 e. The summed E-state index contributed by atoms with van der Waals surface area (Å²) in [6.45, 7) is 4.94. The minimum atomic E-state index is -0.0531. The molecule has 29 heavy (non-hydrogen) atoms. The number of ether oxygens (including phenoxy) is 3. The van der Waals surface area contributed by atoms with Crippen molar-refractivity contribution in [2.24, 2.45) is 0 Å². The van der Waals surface area contributed by atoms with Crippen molar-refractivity contribution >= 4 is 5.91 Å².